The Morgan fingerprint density at radius 3 is 2.79 bits per heavy atom. The molecule has 1 aromatic rings. The number of nitrogens with zero attached hydrogens (tertiary/aromatic N) is 3. The van der Waals surface area contributed by atoms with E-state index < -0.39 is 0 Å². The van der Waals surface area contributed by atoms with Gasteiger partial charge in [-0.3, -0.25) is 10.2 Å². The van der Waals surface area contributed by atoms with Crippen molar-refractivity contribution in [1.82, 2.24) is 15.3 Å². The molecule has 1 aliphatic rings. The topological polar surface area (TPSA) is 59.4 Å². The van der Waals surface area contributed by atoms with Gasteiger partial charge in [0, 0.05) is 31.7 Å². The zero-order chi connectivity index (χ0) is 13.7. The molecule has 1 N–H and O–H groups in total. The summed E-state index contributed by atoms with van der Waals surface area (Å²) in [7, 11) is 2.07. The Balaban J connectivity index is 1.96. The fourth-order valence-electron chi connectivity index (χ4n) is 2.04. The van der Waals surface area contributed by atoms with E-state index in [0.29, 0.717) is 12.0 Å². The van der Waals surface area contributed by atoms with Gasteiger partial charge < -0.3 is 4.90 Å². The van der Waals surface area contributed by atoms with Gasteiger partial charge in [-0.15, -0.1) is 0 Å². The van der Waals surface area contributed by atoms with Crippen molar-refractivity contribution in [2.24, 2.45) is 0 Å². The lowest BCUT2D eigenvalue weighted by Gasteiger charge is -2.32. The Morgan fingerprint density at radius 1 is 1.37 bits per heavy atom. The predicted octanol–water partition coefficient (Wildman–Crippen LogP) is 0.645. The van der Waals surface area contributed by atoms with Crippen LogP contribution >= 0.6 is 0 Å². The molecule has 0 saturated carbocycles. The third-order valence-electron chi connectivity index (χ3n) is 3.24. The summed E-state index contributed by atoms with van der Waals surface area (Å²) < 4.78 is 0. The van der Waals surface area contributed by atoms with Crippen LogP contribution < -0.4 is 5.43 Å². The standard InChI is InChI=1S/C14H18N4O/c1-17-7-9-18(10-8-17)16-14(19)13-4-2-3-12(11-13)5-6-15/h2-4,11H,5,7-10H2,1H3,(H,16,19). The molecule has 0 aromatic heterocycles. The number of hydrogen-bond acceptors (Lipinski definition) is 4. The number of benzene rings is 1. The number of hydrogen-bond donors (Lipinski definition) is 1. The van der Waals surface area contributed by atoms with Crippen LogP contribution in [0.4, 0.5) is 0 Å². The molecular formula is C14H18N4O. The van der Waals surface area contributed by atoms with Gasteiger partial charge in [-0.05, 0) is 24.7 Å². The van der Waals surface area contributed by atoms with Crippen molar-refractivity contribution >= 4 is 5.91 Å². The summed E-state index contributed by atoms with van der Waals surface area (Å²) in [6, 6.07) is 9.30. The van der Waals surface area contributed by atoms with Crippen LogP contribution in [0.3, 0.4) is 0 Å². The van der Waals surface area contributed by atoms with Gasteiger partial charge >= 0.3 is 0 Å². The first kappa shape index (κ1) is 13.5. The molecular weight excluding hydrogens is 240 g/mol. The molecule has 0 atom stereocenters. The summed E-state index contributed by atoms with van der Waals surface area (Å²) in [5.74, 6) is -0.107. The summed E-state index contributed by atoms with van der Waals surface area (Å²) in [4.78, 5) is 14.3. The SMILES string of the molecule is CN1CCN(NC(=O)c2cccc(CC#N)c2)CC1. The van der Waals surface area contributed by atoms with E-state index in [1.54, 1.807) is 12.1 Å². The zero-order valence-electron chi connectivity index (χ0n) is 11.1. The van der Waals surface area contributed by atoms with Crippen molar-refractivity contribution in [3.63, 3.8) is 0 Å². The van der Waals surface area contributed by atoms with Gasteiger partial charge in [-0.2, -0.15) is 5.26 Å². The molecule has 1 heterocycles. The Bertz CT molecular complexity index is 486. The highest BCUT2D eigenvalue weighted by atomic mass is 16.2. The van der Waals surface area contributed by atoms with Crippen LogP contribution in [0.5, 0.6) is 0 Å². The van der Waals surface area contributed by atoms with E-state index in [9.17, 15) is 4.79 Å². The quantitative estimate of drug-likeness (QED) is 0.864. The second-order valence-electron chi connectivity index (χ2n) is 4.77. The number of carbonyl (C=O) groups is 1. The second-order valence-corrected chi connectivity index (χ2v) is 4.77. The summed E-state index contributed by atoms with van der Waals surface area (Å²) in [5, 5.41) is 10.6. The number of nitrogens with one attached hydrogen (secondary N) is 1. The third-order valence-corrected chi connectivity index (χ3v) is 3.24. The fourth-order valence-corrected chi connectivity index (χ4v) is 2.04. The maximum Gasteiger partial charge on any atom is 0.265 e. The van der Waals surface area contributed by atoms with Gasteiger partial charge in [0.1, 0.15) is 0 Å². The number of amides is 1. The average molecular weight is 258 g/mol. The summed E-state index contributed by atoms with van der Waals surface area (Å²) in [6.45, 7) is 3.57. The van der Waals surface area contributed by atoms with Crippen molar-refractivity contribution < 1.29 is 4.79 Å². The van der Waals surface area contributed by atoms with Crippen LogP contribution in [-0.4, -0.2) is 49.0 Å². The van der Waals surface area contributed by atoms with Gasteiger partial charge in [0.05, 0.1) is 12.5 Å². The van der Waals surface area contributed by atoms with Gasteiger partial charge in [-0.25, -0.2) is 5.01 Å². The number of likely N-dealkylation sites (N-methyl/N-ethyl adjacent to an activating group) is 1. The fraction of sp³-hybridized carbons (Fsp3) is 0.429. The van der Waals surface area contributed by atoms with Crippen molar-refractivity contribution in [3.8, 4) is 6.07 Å². The summed E-state index contributed by atoms with van der Waals surface area (Å²) >= 11 is 0. The molecule has 5 nitrogen and oxygen atoms in total. The minimum Gasteiger partial charge on any atom is -0.304 e. The molecule has 1 saturated heterocycles. The van der Waals surface area contributed by atoms with Gasteiger partial charge in [-0.1, -0.05) is 12.1 Å². The predicted molar refractivity (Wildman–Crippen MR) is 72.3 cm³/mol. The van der Waals surface area contributed by atoms with E-state index in [0.717, 1.165) is 31.7 Å². The van der Waals surface area contributed by atoms with Crippen molar-refractivity contribution in [1.29, 1.82) is 5.26 Å². The average Bonchev–Trinajstić information content (AvgIpc) is 2.42. The van der Waals surface area contributed by atoms with E-state index in [1.807, 2.05) is 17.1 Å². The Morgan fingerprint density at radius 2 is 2.11 bits per heavy atom. The molecule has 2 rings (SSSR count). The van der Waals surface area contributed by atoms with E-state index in [-0.39, 0.29) is 5.91 Å². The molecule has 5 heteroatoms. The molecule has 1 fully saturated rings. The molecule has 0 bridgehead atoms. The molecule has 100 valence electrons. The van der Waals surface area contributed by atoms with E-state index in [1.165, 1.54) is 0 Å². The van der Waals surface area contributed by atoms with Crippen LogP contribution in [0.1, 0.15) is 15.9 Å². The lowest BCUT2D eigenvalue weighted by Crippen LogP contribution is -2.52. The first-order chi connectivity index (χ1) is 9.19. The minimum atomic E-state index is -0.107. The molecule has 1 aromatic carbocycles. The maximum absolute atomic E-state index is 12.1. The van der Waals surface area contributed by atoms with Crippen molar-refractivity contribution in [2.45, 2.75) is 6.42 Å². The second kappa shape index (κ2) is 6.32. The summed E-state index contributed by atoms with van der Waals surface area (Å²) in [6.07, 6.45) is 0.329. The molecule has 1 aliphatic heterocycles. The molecule has 19 heavy (non-hydrogen) atoms. The Labute approximate surface area is 113 Å². The van der Waals surface area contributed by atoms with Gasteiger partial charge in [0.2, 0.25) is 0 Å². The molecule has 0 radical (unpaired) electrons. The van der Waals surface area contributed by atoms with Gasteiger partial charge in [0.25, 0.3) is 5.91 Å². The van der Waals surface area contributed by atoms with Crippen LogP contribution in [0.2, 0.25) is 0 Å². The zero-order valence-corrected chi connectivity index (χ0v) is 11.1. The lowest BCUT2D eigenvalue weighted by molar-refractivity contribution is 0.0662. The minimum absolute atomic E-state index is 0.107. The van der Waals surface area contributed by atoms with Crippen molar-refractivity contribution in [2.75, 3.05) is 33.2 Å². The molecule has 0 unspecified atom stereocenters. The monoisotopic (exact) mass is 258 g/mol. The van der Waals surface area contributed by atoms with Crippen LogP contribution in [0.15, 0.2) is 24.3 Å². The van der Waals surface area contributed by atoms with E-state index >= 15 is 0 Å². The number of carbonyl (C=O) groups excluding carboxylic acids is 1. The highest BCUT2D eigenvalue weighted by molar-refractivity contribution is 5.94. The molecule has 0 aliphatic carbocycles. The van der Waals surface area contributed by atoms with Crippen LogP contribution in [0.25, 0.3) is 0 Å². The normalized spacial score (nSPS) is 16.8. The maximum atomic E-state index is 12.1. The number of rotatable bonds is 3. The number of piperazine rings is 1. The smallest absolute Gasteiger partial charge is 0.265 e. The first-order valence-electron chi connectivity index (χ1n) is 6.39. The van der Waals surface area contributed by atoms with E-state index in [4.69, 9.17) is 5.26 Å². The Kier molecular flexibility index (Phi) is 4.50. The number of hydrazine groups is 1. The highest BCUT2D eigenvalue weighted by Gasteiger charge is 2.16. The van der Waals surface area contributed by atoms with Crippen LogP contribution in [-0.2, 0) is 6.42 Å². The molecule has 0 spiro atoms. The molecule has 1 amide bonds. The Hall–Kier alpha value is -1.90. The third kappa shape index (κ3) is 3.78. The first-order valence-corrected chi connectivity index (χ1v) is 6.39. The largest absolute Gasteiger partial charge is 0.304 e. The lowest BCUT2D eigenvalue weighted by atomic mass is 10.1. The highest BCUT2D eigenvalue weighted by Crippen LogP contribution is 2.06. The number of nitriles is 1. The van der Waals surface area contributed by atoms with Gasteiger partial charge in [0.15, 0.2) is 0 Å². The van der Waals surface area contributed by atoms with E-state index in [2.05, 4.69) is 23.4 Å². The van der Waals surface area contributed by atoms with Crippen molar-refractivity contribution in [3.05, 3.63) is 35.4 Å². The summed E-state index contributed by atoms with van der Waals surface area (Å²) in [5.41, 5.74) is 4.38. The van der Waals surface area contributed by atoms with Crippen LogP contribution in [0, 0.1) is 11.3 Å².